The molecule has 0 heterocycles. The van der Waals surface area contributed by atoms with Crippen LogP contribution in [0.2, 0.25) is 0 Å². The molecule has 0 radical (unpaired) electrons. The lowest BCUT2D eigenvalue weighted by Crippen LogP contribution is -2.15. The lowest BCUT2D eigenvalue weighted by atomic mass is 10.0. The minimum atomic E-state index is -0.507. The minimum absolute atomic E-state index is 0.318. The number of esters is 2. The number of carbonyl (C=O) groups is 2. The van der Waals surface area contributed by atoms with Gasteiger partial charge in [-0.25, -0.2) is 0 Å². The van der Waals surface area contributed by atoms with E-state index in [-0.39, 0.29) is 6.42 Å². The maximum Gasteiger partial charge on any atom is 0.317 e. The van der Waals surface area contributed by atoms with Crippen LogP contribution in [0.25, 0.3) is 22.3 Å². The lowest BCUT2D eigenvalue weighted by Gasteiger charge is -2.08. The predicted molar refractivity (Wildman–Crippen MR) is 225 cm³/mol. The van der Waals surface area contributed by atoms with Gasteiger partial charge < -0.3 is 18.9 Å². The smallest absolute Gasteiger partial charge is 0.317 e. The highest BCUT2D eigenvalue weighted by atomic mass is 16.6. The van der Waals surface area contributed by atoms with E-state index in [2.05, 4.69) is 12.1 Å². The highest BCUT2D eigenvalue weighted by molar-refractivity contribution is 5.91. The van der Waals surface area contributed by atoms with E-state index >= 15 is 0 Å². The Kier molecular flexibility index (Phi) is 21.0. The van der Waals surface area contributed by atoms with Gasteiger partial charge in [-0.2, -0.15) is 10.5 Å². The van der Waals surface area contributed by atoms with Gasteiger partial charge in [0.2, 0.25) is 0 Å². The van der Waals surface area contributed by atoms with E-state index < -0.39 is 11.9 Å². The Hall–Kier alpha value is -5.60. The van der Waals surface area contributed by atoms with Gasteiger partial charge in [0, 0.05) is 0 Å². The first kappa shape index (κ1) is 44.1. The standard InChI is InChI=1S/C49H58N2O6/c50-38-40-17-21-42(22-18-40)44-25-29-46(30-26-44)54-33-13-9-5-1-3-7-11-15-35-56-48(52)37-49(53)57-36-16-12-8-4-2-6-10-14-34-55-47-31-27-45(28-32-47)43-23-19-41(39-51)20-24-43/h17-32H,1-16,33-37H2. The zero-order valence-electron chi connectivity index (χ0n) is 33.4. The van der Waals surface area contributed by atoms with E-state index in [1.165, 1.54) is 25.7 Å². The molecule has 0 aliphatic carbocycles. The molecule has 0 saturated heterocycles. The fraction of sp³-hybridized carbons (Fsp3) is 0.429. The Balaban J connectivity index is 0.856. The molecule has 0 aromatic heterocycles. The van der Waals surface area contributed by atoms with Gasteiger partial charge in [0.05, 0.1) is 49.7 Å². The van der Waals surface area contributed by atoms with Crippen LogP contribution in [0.4, 0.5) is 0 Å². The van der Waals surface area contributed by atoms with Crippen LogP contribution in [0.3, 0.4) is 0 Å². The number of hydrogen-bond donors (Lipinski definition) is 0. The number of nitriles is 2. The summed E-state index contributed by atoms with van der Waals surface area (Å²) in [5.41, 5.74) is 5.68. The summed E-state index contributed by atoms with van der Waals surface area (Å²) in [6.45, 7) is 2.11. The number of rotatable bonds is 28. The Morgan fingerprint density at radius 2 is 0.632 bits per heavy atom. The zero-order valence-corrected chi connectivity index (χ0v) is 33.4. The van der Waals surface area contributed by atoms with Gasteiger partial charge in [-0.1, -0.05) is 126 Å². The molecular weight excluding hydrogens is 713 g/mol. The van der Waals surface area contributed by atoms with Crippen molar-refractivity contribution in [2.24, 2.45) is 0 Å². The molecule has 8 nitrogen and oxygen atoms in total. The summed E-state index contributed by atoms with van der Waals surface area (Å²) in [6, 6.07) is 35.6. The third kappa shape index (κ3) is 18.3. The van der Waals surface area contributed by atoms with Gasteiger partial charge >= 0.3 is 11.9 Å². The van der Waals surface area contributed by atoms with Crippen LogP contribution in [0.15, 0.2) is 97.1 Å². The monoisotopic (exact) mass is 770 g/mol. The molecule has 0 saturated carbocycles. The van der Waals surface area contributed by atoms with Crippen molar-refractivity contribution in [3.05, 3.63) is 108 Å². The first-order valence-corrected chi connectivity index (χ1v) is 20.8. The third-order valence-electron chi connectivity index (χ3n) is 9.83. The van der Waals surface area contributed by atoms with Crippen LogP contribution in [-0.4, -0.2) is 38.4 Å². The van der Waals surface area contributed by atoms with Gasteiger partial charge in [-0.15, -0.1) is 0 Å². The van der Waals surface area contributed by atoms with E-state index in [1.807, 2.05) is 97.1 Å². The summed E-state index contributed by atoms with van der Waals surface area (Å²) in [7, 11) is 0. The molecule has 0 N–H and O–H groups in total. The largest absolute Gasteiger partial charge is 0.494 e. The molecule has 4 aromatic rings. The molecule has 0 atom stereocenters. The highest BCUT2D eigenvalue weighted by Gasteiger charge is 2.12. The number of ether oxygens (including phenoxy) is 4. The fourth-order valence-electron chi connectivity index (χ4n) is 6.46. The normalized spacial score (nSPS) is 10.6. The lowest BCUT2D eigenvalue weighted by molar-refractivity contribution is -0.154. The van der Waals surface area contributed by atoms with Crippen molar-refractivity contribution in [1.29, 1.82) is 10.5 Å². The maximum atomic E-state index is 12.0. The van der Waals surface area contributed by atoms with Crippen molar-refractivity contribution in [2.45, 2.75) is 109 Å². The number of benzene rings is 4. The molecule has 0 bridgehead atoms. The van der Waals surface area contributed by atoms with Crippen molar-refractivity contribution >= 4 is 11.9 Å². The topological polar surface area (TPSA) is 119 Å². The predicted octanol–water partition coefficient (Wildman–Crippen LogP) is 11.9. The molecule has 57 heavy (non-hydrogen) atoms. The number of hydrogen-bond acceptors (Lipinski definition) is 8. The van der Waals surface area contributed by atoms with Crippen LogP contribution in [-0.2, 0) is 19.1 Å². The first-order valence-electron chi connectivity index (χ1n) is 20.8. The second kappa shape index (κ2) is 27.1. The van der Waals surface area contributed by atoms with E-state index in [4.69, 9.17) is 29.5 Å². The summed E-state index contributed by atoms with van der Waals surface area (Å²) in [5.74, 6) is 0.727. The summed E-state index contributed by atoms with van der Waals surface area (Å²) in [4.78, 5) is 24.0. The molecule has 0 fully saturated rings. The van der Waals surface area contributed by atoms with Gasteiger partial charge in [-0.3, -0.25) is 9.59 Å². The fourth-order valence-corrected chi connectivity index (χ4v) is 6.46. The van der Waals surface area contributed by atoms with Crippen molar-refractivity contribution < 1.29 is 28.5 Å². The van der Waals surface area contributed by atoms with E-state index in [1.54, 1.807) is 0 Å². The summed E-state index contributed by atoms with van der Waals surface area (Å²) >= 11 is 0. The van der Waals surface area contributed by atoms with Crippen molar-refractivity contribution in [3.8, 4) is 45.9 Å². The molecule has 0 aliphatic rings. The van der Waals surface area contributed by atoms with Crippen LogP contribution < -0.4 is 9.47 Å². The van der Waals surface area contributed by atoms with Gasteiger partial charge in [-0.05, 0) is 96.5 Å². The molecule has 0 amide bonds. The van der Waals surface area contributed by atoms with Gasteiger partial charge in [0.15, 0.2) is 0 Å². The van der Waals surface area contributed by atoms with Crippen LogP contribution in [0.5, 0.6) is 11.5 Å². The molecule has 0 spiro atoms. The van der Waals surface area contributed by atoms with Crippen molar-refractivity contribution in [3.63, 3.8) is 0 Å². The number of carbonyl (C=O) groups excluding carboxylic acids is 2. The Bertz CT molecular complexity index is 1670. The van der Waals surface area contributed by atoms with Gasteiger partial charge in [0.25, 0.3) is 0 Å². The van der Waals surface area contributed by atoms with Crippen LogP contribution in [0.1, 0.15) is 120 Å². The second-order valence-corrected chi connectivity index (χ2v) is 14.4. The zero-order chi connectivity index (χ0) is 40.2. The molecule has 0 unspecified atom stereocenters. The summed E-state index contributed by atoms with van der Waals surface area (Å²) in [6.07, 6.45) is 16.9. The van der Waals surface area contributed by atoms with Gasteiger partial charge in [0.1, 0.15) is 17.9 Å². The van der Waals surface area contributed by atoms with Crippen molar-refractivity contribution in [1.82, 2.24) is 0 Å². The molecular formula is C49H58N2O6. The van der Waals surface area contributed by atoms with E-state index in [9.17, 15) is 9.59 Å². The molecule has 4 aromatic carbocycles. The molecule has 0 aliphatic heterocycles. The quantitative estimate of drug-likeness (QED) is 0.0318. The van der Waals surface area contributed by atoms with E-state index in [0.29, 0.717) is 37.6 Å². The minimum Gasteiger partial charge on any atom is -0.494 e. The average Bonchev–Trinajstić information content (AvgIpc) is 3.25. The Morgan fingerprint density at radius 3 is 0.930 bits per heavy atom. The van der Waals surface area contributed by atoms with Crippen LogP contribution >= 0.6 is 0 Å². The SMILES string of the molecule is N#Cc1ccc(-c2ccc(OCCCCCCCCCCOC(=O)CC(=O)OCCCCCCCCCCOc3ccc(-c4ccc(C#N)cc4)cc3)cc2)cc1. The summed E-state index contributed by atoms with van der Waals surface area (Å²) < 4.78 is 22.3. The van der Waals surface area contributed by atoms with E-state index in [0.717, 1.165) is 111 Å². The Morgan fingerprint density at radius 1 is 0.368 bits per heavy atom. The average molecular weight is 771 g/mol. The molecule has 4 rings (SSSR count). The van der Waals surface area contributed by atoms with Crippen LogP contribution in [0, 0.1) is 22.7 Å². The van der Waals surface area contributed by atoms with Crippen molar-refractivity contribution in [2.75, 3.05) is 26.4 Å². The highest BCUT2D eigenvalue weighted by Crippen LogP contribution is 2.24. The molecule has 300 valence electrons. The third-order valence-corrected chi connectivity index (χ3v) is 9.83. The summed E-state index contributed by atoms with van der Waals surface area (Å²) in [5, 5.41) is 17.9. The Labute approximate surface area is 339 Å². The maximum absolute atomic E-state index is 12.0. The second-order valence-electron chi connectivity index (χ2n) is 14.4. The number of nitrogens with zero attached hydrogens (tertiary/aromatic N) is 2. The molecule has 8 heteroatoms. The number of unbranched alkanes of at least 4 members (excludes halogenated alkanes) is 14. The first-order chi connectivity index (χ1) is 28.0.